The van der Waals surface area contributed by atoms with E-state index in [4.69, 9.17) is 18.9 Å². The molecule has 0 aromatic heterocycles. The van der Waals surface area contributed by atoms with Gasteiger partial charge in [-0.15, -0.1) is 0 Å². The highest BCUT2D eigenvalue weighted by atomic mass is 16.7. The second kappa shape index (κ2) is 7.51. The van der Waals surface area contributed by atoms with Gasteiger partial charge >= 0.3 is 5.97 Å². The molecule has 6 atom stereocenters. The van der Waals surface area contributed by atoms with Crippen LogP contribution in [0.3, 0.4) is 0 Å². The van der Waals surface area contributed by atoms with Crippen molar-refractivity contribution < 1.29 is 28.5 Å². The van der Waals surface area contributed by atoms with Gasteiger partial charge < -0.3 is 24.3 Å². The summed E-state index contributed by atoms with van der Waals surface area (Å²) in [6, 6.07) is 9.04. The monoisotopic (exact) mass is 349 g/mol. The summed E-state index contributed by atoms with van der Waals surface area (Å²) in [7, 11) is 0. The molecule has 0 aliphatic carbocycles. The summed E-state index contributed by atoms with van der Waals surface area (Å²) in [5.74, 6) is -0.651. The summed E-state index contributed by atoms with van der Waals surface area (Å²) in [6.07, 6.45) is -2.46. The smallest absolute Gasteiger partial charge is 0.303 e. The number of fused-ring (bicyclic) bond motifs is 1. The normalized spacial score (nSPS) is 34.7. The van der Waals surface area contributed by atoms with Crippen LogP contribution in [0.25, 0.3) is 0 Å². The Balaban J connectivity index is 1.84. The number of amides is 1. The maximum absolute atomic E-state index is 11.6. The molecule has 25 heavy (non-hydrogen) atoms. The molecule has 2 saturated heterocycles. The SMILES string of the molecule is CC(=O)NC1C(C)OC2COC(c3ccccc3)OC2C1OC(C)=O. The molecule has 1 aromatic rings. The minimum absolute atomic E-state index is 0.220. The van der Waals surface area contributed by atoms with Gasteiger partial charge in [0, 0.05) is 19.4 Å². The number of ether oxygens (including phenoxy) is 4. The molecular weight excluding hydrogens is 326 g/mol. The van der Waals surface area contributed by atoms with Crippen LogP contribution in [-0.4, -0.2) is 48.9 Å². The largest absolute Gasteiger partial charge is 0.457 e. The molecule has 3 rings (SSSR count). The van der Waals surface area contributed by atoms with Gasteiger partial charge in [-0.1, -0.05) is 30.3 Å². The van der Waals surface area contributed by atoms with Crippen molar-refractivity contribution in [2.45, 2.75) is 57.5 Å². The van der Waals surface area contributed by atoms with Crippen molar-refractivity contribution >= 4 is 11.9 Å². The Kier molecular flexibility index (Phi) is 5.36. The minimum atomic E-state index is -0.648. The zero-order valence-corrected chi connectivity index (χ0v) is 14.5. The van der Waals surface area contributed by atoms with Crippen LogP contribution >= 0.6 is 0 Å². The quantitative estimate of drug-likeness (QED) is 0.829. The van der Waals surface area contributed by atoms with Crippen molar-refractivity contribution in [2.24, 2.45) is 0 Å². The zero-order chi connectivity index (χ0) is 18.0. The number of nitrogens with one attached hydrogen (secondary N) is 1. The predicted octanol–water partition coefficient (Wildman–Crippen LogP) is 1.32. The number of hydrogen-bond acceptors (Lipinski definition) is 6. The summed E-state index contributed by atoms with van der Waals surface area (Å²) in [4.78, 5) is 23.2. The highest BCUT2D eigenvalue weighted by molar-refractivity contribution is 5.73. The second-order valence-electron chi connectivity index (χ2n) is 6.36. The first-order chi connectivity index (χ1) is 12.0. The van der Waals surface area contributed by atoms with Crippen LogP contribution in [0.5, 0.6) is 0 Å². The molecule has 136 valence electrons. The molecule has 0 saturated carbocycles. The van der Waals surface area contributed by atoms with Crippen LogP contribution in [0, 0.1) is 0 Å². The highest BCUT2D eigenvalue weighted by Crippen LogP contribution is 2.35. The number of esters is 1. The molecular formula is C18H23NO6. The third-order valence-electron chi connectivity index (χ3n) is 4.38. The molecule has 2 aliphatic heterocycles. The molecule has 2 heterocycles. The van der Waals surface area contributed by atoms with Gasteiger partial charge in [0.1, 0.15) is 12.2 Å². The van der Waals surface area contributed by atoms with Crippen LogP contribution in [0.2, 0.25) is 0 Å². The van der Waals surface area contributed by atoms with E-state index in [9.17, 15) is 9.59 Å². The molecule has 2 aliphatic rings. The van der Waals surface area contributed by atoms with Crippen LogP contribution < -0.4 is 5.32 Å². The summed E-state index contributed by atoms with van der Waals surface area (Å²) < 4.78 is 23.3. The van der Waals surface area contributed by atoms with E-state index < -0.39 is 30.5 Å². The van der Waals surface area contributed by atoms with Crippen molar-refractivity contribution in [3.05, 3.63) is 35.9 Å². The van der Waals surface area contributed by atoms with Gasteiger partial charge in [-0.05, 0) is 6.92 Å². The number of carbonyl (C=O) groups excluding carboxylic acids is 2. The Morgan fingerprint density at radius 3 is 2.52 bits per heavy atom. The van der Waals surface area contributed by atoms with E-state index in [0.717, 1.165) is 5.56 Å². The summed E-state index contributed by atoms with van der Waals surface area (Å²) in [5, 5.41) is 2.81. The van der Waals surface area contributed by atoms with Gasteiger partial charge in [0.05, 0.1) is 18.8 Å². The fourth-order valence-electron chi connectivity index (χ4n) is 3.34. The Morgan fingerprint density at radius 2 is 1.88 bits per heavy atom. The lowest BCUT2D eigenvalue weighted by Crippen LogP contribution is -2.66. The first kappa shape index (κ1) is 17.8. The highest BCUT2D eigenvalue weighted by Gasteiger charge is 2.50. The zero-order valence-electron chi connectivity index (χ0n) is 14.5. The molecule has 0 radical (unpaired) electrons. The fourth-order valence-corrected chi connectivity index (χ4v) is 3.34. The standard InChI is InChI=1S/C18H23NO6/c1-10-15(19-11(2)20)17(24-12(3)21)16-14(23-10)9-22-18(25-16)13-7-5-4-6-8-13/h4-8,10,14-18H,9H2,1-3H3,(H,19,20). The Morgan fingerprint density at radius 1 is 1.16 bits per heavy atom. The number of rotatable bonds is 3. The molecule has 6 unspecified atom stereocenters. The van der Waals surface area contributed by atoms with E-state index in [-0.39, 0.29) is 18.1 Å². The van der Waals surface area contributed by atoms with Gasteiger partial charge in [-0.3, -0.25) is 9.59 Å². The third kappa shape index (κ3) is 4.00. The van der Waals surface area contributed by atoms with Crippen molar-refractivity contribution in [2.75, 3.05) is 6.61 Å². The number of hydrogen-bond donors (Lipinski definition) is 1. The summed E-state index contributed by atoms with van der Waals surface area (Å²) in [6.45, 7) is 4.91. The molecule has 1 aromatic carbocycles. The van der Waals surface area contributed by atoms with E-state index in [0.29, 0.717) is 6.61 Å². The van der Waals surface area contributed by atoms with Crippen LogP contribution in [0.15, 0.2) is 30.3 Å². The Labute approximate surface area is 146 Å². The lowest BCUT2D eigenvalue weighted by Gasteiger charge is -2.48. The third-order valence-corrected chi connectivity index (χ3v) is 4.38. The van der Waals surface area contributed by atoms with E-state index >= 15 is 0 Å². The van der Waals surface area contributed by atoms with Crippen molar-refractivity contribution in [3.8, 4) is 0 Å². The number of benzene rings is 1. The van der Waals surface area contributed by atoms with Crippen LogP contribution in [0.4, 0.5) is 0 Å². The fraction of sp³-hybridized carbons (Fsp3) is 0.556. The molecule has 2 fully saturated rings. The number of carbonyl (C=O) groups is 2. The first-order valence-electron chi connectivity index (χ1n) is 8.37. The van der Waals surface area contributed by atoms with E-state index in [1.807, 2.05) is 37.3 Å². The van der Waals surface area contributed by atoms with Crippen molar-refractivity contribution in [3.63, 3.8) is 0 Å². The van der Waals surface area contributed by atoms with Gasteiger partial charge in [0.15, 0.2) is 12.4 Å². The van der Waals surface area contributed by atoms with Crippen LogP contribution in [0.1, 0.15) is 32.6 Å². The lowest BCUT2D eigenvalue weighted by atomic mass is 9.92. The Hall–Kier alpha value is -1.96. The summed E-state index contributed by atoms with van der Waals surface area (Å²) in [5.41, 5.74) is 0.872. The van der Waals surface area contributed by atoms with Crippen LogP contribution in [-0.2, 0) is 28.5 Å². The molecule has 7 nitrogen and oxygen atoms in total. The molecule has 1 amide bonds. The molecule has 1 N–H and O–H groups in total. The molecule has 0 bridgehead atoms. The second-order valence-corrected chi connectivity index (χ2v) is 6.36. The maximum Gasteiger partial charge on any atom is 0.303 e. The topological polar surface area (TPSA) is 83.1 Å². The van der Waals surface area contributed by atoms with E-state index in [1.165, 1.54) is 13.8 Å². The average molecular weight is 349 g/mol. The Bertz CT molecular complexity index is 621. The van der Waals surface area contributed by atoms with E-state index in [1.54, 1.807) is 0 Å². The molecule has 0 spiro atoms. The predicted molar refractivity (Wildman–Crippen MR) is 87.5 cm³/mol. The van der Waals surface area contributed by atoms with Crippen molar-refractivity contribution in [1.29, 1.82) is 0 Å². The average Bonchev–Trinajstić information content (AvgIpc) is 2.58. The van der Waals surface area contributed by atoms with Gasteiger partial charge in [-0.2, -0.15) is 0 Å². The van der Waals surface area contributed by atoms with Gasteiger partial charge in [0.2, 0.25) is 5.91 Å². The molecule has 7 heteroatoms. The van der Waals surface area contributed by atoms with Crippen molar-refractivity contribution in [1.82, 2.24) is 5.32 Å². The minimum Gasteiger partial charge on any atom is -0.457 e. The lowest BCUT2D eigenvalue weighted by molar-refractivity contribution is -0.314. The van der Waals surface area contributed by atoms with E-state index in [2.05, 4.69) is 5.32 Å². The maximum atomic E-state index is 11.6. The van der Waals surface area contributed by atoms with Gasteiger partial charge in [-0.25, -0.2) is 0 Å². The van der Waals surface area contributed by atoms with Gasteiger partial charge in [0.25, 0.3) is 0 Å². The first-order valence-corrected chi connectivity index (χ1v) is 8.37. The summed E-state index contributed by atoms with van der Waals surface area (Å²) >= 11 is 0.